The first-order chi connectivity index (χ1) is 10.4. The lowest BCUT2D eigenvalue weighted by molar-refractivity contribution is 0.411. The number of ether oxygens (including phenoxy) is 1. The maximum absolute atomic E-state index is 5.49. The molecule has 3 aromatic rings. The van der Waals surface area contributed by atoms with Gasteiger partial charge in [-0.2, -0.15) is 0 Å². The van der Waals surface area contributed by atoms with E-state index < -0.39 is 0 Å². The molecule has 0 unspecified atom stereocenters. The van der Waals surface area contributed by atoms with Crippen LogP contribution in [0.2, 0.25) is 0 Å². The molecule has 3 aromatic carbocycles. The minimum Gasteiger partial charge on any atom is -0.496 e. The third-order valence-corrected chi connectivity index (χ3v) is 3.49. The van der Waals surface area contributed by atoms with Crippen LogP contribution in [0.4, 0.5) is 0 Å². The summed E-state index contributed by atoms with van der Waals surface area (Å²) in [6, 6.07) is 22.5. The Morgan fingerprint density at radius 3 is 2.43 bits per heavy atom. The molecular formula is C20H16O. The number of hydrogen-bond acceptors (Lipinski definition) is 1. The van der Waals surface area contributed by atoms with Crippen molar-refractivity contribution in [2.45, 2.75) is 6.42 Å². The standard InChI is InChI=1S/C20H16O/c1-21-20-15-14-17-11-5-6-12-18(17)19(20)13-7-10-16-8-3-2-4-9-16/h2-6,8-9,11-12,14-15H,13H2,1H3. The minimum atomic E-state index is 0.680. The predicted molar refractivity (Wildman–Crippen MR) is 87.5 cm³/mol. The first-order valence-electron chi connectivity index (χ1n) is 6.97. The zero-order chi connectivity index (χ0) is 14.5. The fourth-order valence-electron chi connectivity index (χ4n) is 2.45. The number of fused-ring (bicyclic) bond motifs is 1. The van der Waals surface area contributed by atoms with E-state index in [0.717, 1.165) is 16.9 Å². The Kier molecular flexibility index (Phi) is 3.89. The topological polar surface area (TPSA) is 9.23 Å². The maximum atomic E-state index is 5.49. The third-order valence-electron chi connectivity index (χ3n) is 3.49. The van der Waals surface area contributed by atoms with Crippen molar-refractivity contribution in [2.24, 2.45) is 0 Å². The fraction of sp³-hybridized carbons (Fsp3) is 0.100. The highest BCUT2D eigenvalue weighted by Crippen LogP contribution is 2.28. The van der Waals surface area contributed by atoms with Gasteiger partial charge in [-0.1, -0.05) is 60.4 Å². The van der Waals surface area contributed by atoms with Crippen LogP contribution in [0.15, 0.2) is 66.7 Å². The van der Waals surface area contributed by atoms with Crippen molar-refractivity contribution < 1.29 is 4.74 Å². The summed E-state index contributed by atoms with van der Waals surface area (Å²) in [5.41, 5.74) is 2.19. The summed E-state index contributed by atoms with van der Waals surface area (Å²) in [5.74, 6) is 7.36. The van der Waals surface area contributed by atoms with Crippen molar-refractivity contribution >= 4 is 10.8 Å². The summed E-state index contributed by atoms with van der Waals surface area (Å²) in [4.78, 5) is 0. The van der Waals surface area contributed by atoms with Crippen LogP contribution >= 0.6 is 0 Å². The van der Waals surface area contributed by atoms with Gasteiger partial charge in [0.2, 0.25) is 0 Å². The largest absolute Gasteiger partial charge is 0.496 e. The molecule has 0 aliphatic heterocycles. The van der Waals surface area contributed by atoms with Gasteiger partial charge in [0.25, 0.3) is 0 Å². The Balaban J connectivity index is 1.98. The molecule has 0 N–H and O–H groups in total. The molecule has 3 rings (SSSR count). The van der Waals surface area contributed by atoms with Crippen molar-refractivity contribution in [1.82, 2.24) is 0 Å². The van der Waals surface area contributed by atoms with Gasteiger partial charge in [-0.25, -0.2) is 0 Å². The minimum absolute atomic E-state index is 0.680. The van der Waals surface area contributed by atoms with Crippen LogP contribution in [-0.4, -0.2) is 7.11 Å². The van der Waals surface area contributed by atoms with Crippen LogP contribution in [-0.2, 0) is 6.42 Å². The summed E-state index contributed by atoms with van der Waals surface area (Å²) in [6.45, 7) is 0. The van der Waals surface area contributed by atoms with E-state index >= 15 is 0 Å². The quantitative estimate of drug-likeness (QED) is 0.627. The molecule has 1 nitrogen and oxygen atoms in total. The van der Waals surface area contributed by atoms with E-state index in [4.69, 9.17) is 4.74 Å². The summed E-state index contributed by atoms with van der Waals surface area (Å²) < 4.78 is 5.49. The second kappa shape index (κ2) is 6.15. The Labute approximate surface area is 125 Å². The highest BCUT2D eigenvalue weighted by molar-refractivity contribution is 5.88. The molecule has 0 saturated heterocycles. The van der Waals surface area contributed by atoms with Crippen molar-refractivity contribution in [2.75, 3.05) is 7.11 Å². The molecule has 0 aromatic heterocycles. The molecule has 0 atom stereocenters. The van der Waals surface area contributed by atoms with Gasteiger partial charge in [0.15, 0.2) is 0 Å². The lowest BCUT2D eigenvalue weighted by atomic mass is 10.0. The average molecular weight is 272 g/mol. The van der Waals surface area contributed by atoms with Crippen LogP contribution in [0, 0.1) is 11.8 Å². The fourth-order valence-corrected chi connectivity index (χ4v) is 2.45. The van der Waals surface area contributed by atoms with Crippen LogP contribution in [0.1, 0.15) is 11.1 Å². The molecule has 21 heavy (non-hydrogen) atoms. The summed E-state index contributed by atoms with van der Waals surface area (Å²) >= 11 is 0. The highest BCUT2D eigenvalue weighted by Gasteiger charge is 2.06. The van der Waals surface area contributed by atoms with E-state index in [9.17, 15) is 0 Å². The molecule has 0 aliphatic rings. The highest BCUT2D eigenvalue weighted by atomic mass is 16.5. The van der Waals surface area contributed by atoms with Crippen molar-refractivity contribution in [3.8, 4) is 17.6 Å². The molecule has 0 bridgehead atoms. The normalized spacial score (nSPS) is 9.95. The molecular weight excluding hydrogens is 256 g/mol. The lowest BCUT2D eigenvalue weighted by Crippen LogP contribution is -1.92. The van der Waals surface area contributed by atoms with Gasteiger partial charge in [0.1, 0.15) is 5.75 Å². The SMILES string of the molecule is COc1ccc2ccccc2c1CC#Cc1ccccc1. The number of rotatable bonds is 2. The molecule has 0 heterocycles. The van der Waals surface area contributed by atoms with Crippen LogP contribution in [0.5, 0.6) is 5.75 Å². The van der Waals surface area contributed by atoms with Crippen molar-refractivity contribution in [3.63, 3.8) is 0 Å². The third kappa shape index (κ3) is 2.90. The molecule has 0 spiro atoms. The van der Waals surface area contributed by atoms with Gasteiger partial charge in [0, 0.05) is 17.5 Å². The van der Waals surface area contributed by atoms with Gasteiger partial charge in [-0.3, -0.25) is 0 Å². The number of hydrogen-bond donors (Lipinski definition) is 0. The molecule has 0 saturated carbocycles. The smallest absolute Gasteiger partial charge is 0.123 e. The van der Waals surface area contributed by atoms with Gasteiger partial charge >= 0.3 is 0 Å². The van der Waals surface area contributed by atoms with Gasteiger partial charge in [0.05, 0.1) is 7.11 Å². The lowest BCUT2D eigenvalue weighted by Gasteiger charge is -2.09. The average Bonchev–Trinajstić information content (AvgIpc) is 2.56. The van der Waals surface area contributed by atoms with Gasteiger partial charge in [-0.15, -0.1) is 0 Å². The summed E-state index contributed by atoms with van der Waals surface area (Å²) in [5, 5.41) is 2.43. The zero-order valence-electron chi connectivity index (χ0n) is 12.0. The molecule has 0 amide bonds. The van der Waals surface area contributed by atoms with Crippen molar-refractivity contribution in [3.05, 3.63) is 77.9 Å². The van der Waals surface area contributed by atoms with E-state index in [1.807, 2.05) is 42.5 Å². The molecule has 1 heteroatoms. The Bertz CT molecular complexity index is 807. The van der Waals surface area contributed by atoms with Gasteiger partial charge < -0.3 is 4.74 Å². The monoisotopic (exact) mass is 272 g/mol. The molecule has 102 valence electrons. The van der Waals surface area contributed by atoms with E-state index in [1.54, 1.807) is 7.11 Å². The molecule has 0 fully saturated rings. The Hall–Kier alpha value is -2.72. The first kappa shape index (κ1) is 13.3. The predicted octanol–water partition coefficient (Wildman–Crippen LogP) is 4.44. The van der Waals surface area contributed by atoms with Crippen LogP contribution in [0.25, 0.3) is 10.8 Å². The van der Waals surface area contributed by atoms with E-state index in [2.05, 4.69) is 36.1 Å². The van der Waals surface area contributed by atoms with Gasteiger partial charge in [-0.05, 0) is 29.0 Å². The number of methoxy groups -OCH3 is 1. The van der Waals surface area contributed by atoms with E-state index in [-0.39, 0.29) is 0 Å². The second-order valence-corrected chi connectivity index (χ2v) is 4.81. The summed E-state index contributed by atoms with van der Waals surface area (Å²) in [6.07, 6.45) is 0.680. The molecule has 0 radical (unpaired) electrons. The van der Waals surface area contributed by atoms with E-state index in [1.165, 1.54) is 10.8 Å². The van der Waals surface area contributed by atoms with Crippen molar-refractivity contribution in [1.29, 1.82) is 0 Å². The summed E-state index contributed by atoms with van der Waals surface area (Å²) in [7, 11) is 1.71. The maximum Gasteiger partial charge on any atom is 0.123 e. The van der Waals surface area contributed by atoms with Crippen LogP contribution < -0.4 is 4.74 Å². The zero-order valence-corrected chi connectivity index (χ0v) is 12.0. The first-order valence-corrected chi connectivity index (χ1v) is 6.97. The number of benzene rings is 3. The Morgan fingerprint density at radius 1 is 0.857 bits per heavy atom. The molecule has 0 aliphatic carbocycles. The van der Waals surface area contributed by atoms with E-state index in [0.29, 0.717) is 6.42 Å². The van der Waals surface area contributed by atoms with Crippen LogP contribution in [0.3, 0.4) is 0 Å². The second-order valence-electron chi connectivity index (χ2n) is 4.81. The Morgan fingerprint density at radius 2 is 1.62 bits per heavy atom.